The molecule has 0 aromatic heterocycles. The molecule has 0 amide bonds. The molecular weight excluding hydrogens is 264 g/mol. The number of fused-ring (bicyclic) bond motifs is 1. The van der Waals surface area contributed by atoms with Crippen molar-refractivity contribution in [1.29, 1.82) is 0 Å². The molecule has 1 N–H and O–H groups in total. The summed E-state index contributed by atoms with van der Waals surface area (Å²) in [6.45, 7) is 1.39. The molecule has 0 fully saturated rings. The van der Waals surface area contributed by atoms with E-state index in [0.29, 0.717) is 36.8 Å². The standard InChI is InChI=1S/C15H13F2NO2/c16-11-5-10(6-12(17)7-11)9-18-13-1-2-14-15(8-13)20-4-3-19-14/h1-2,5-8,18H,3-4,9H2. The number of ether oxygens (including phenoxy) is 2. The van der Waals surface area contributed by atoms with E-state index in [9.17, 15) is 8.78 Å². The van der Waals surface area contributed by atoms with E-state index in [4.69, 9.17) is 9.47 Å². The van der Waals surface area contributed by atoms with E-state index in [1.165, 1.54) is 12.1 Å². The lowest BCUT2D eigenvalue weighted by Crippen LogP contribution is -2.15. The van der Waals surface area contributed by atoms with Crippen LogP contribution in [-0.2, 0) is 6.54 Å². The largest absolute Gasteiger partial charge is 0.486 e. The van der Waals surface area contributed by atoms with E-state index >= 15 is 0 Å². The molecule has 0 saturated heterocycles. The van der Waals surface area contributed by atoms with E-state index < -0.39 is 11.6 Å². The first kappa shape index (κ1) is 12.7. The average molecular weight is 277 g/mol. The van der Waals surface area contributed by atoms with Gasteiger partial charge in [-0.15, -0.1) is 0 Å². The van der Waals surface area contributed by atoms with Gasteiger partial charge in [0.1, 0.15) is 24.8 Å². The van der Waals surface area contributed by atoms with Gasteiger partial charge in [0.15, 0.2) is 11.5 Å². The van der Waals surface area contributed by atoms with E-state index in [-0.39, 0.29) is 0 Å². The zero-order valence-corrected chi connectivity index (χ0v) is 10.7. The molecule has 0 spiro atoms. The predicted octanol–water partition coefficient (Wildman–Crippen LogP) is 3.35. The lowest BCUT2D eigenvalue weighted by molar-refractivity contribution is 0.171. The topological polar surface area (TPSA) is 30.5 Å². The summed E-state index contributed by atoms with van der Waals surface area (Å²) in [5, 5.41) is 3.10. The summed E-state index contributed by atoms with van der Waals surface area (Å²) in [5.74, 6) is 0.221. The Morgan fingerprint density at radius 3 is 2.35 bits per heavy atom. The lowest BCUT2D eigenvalue weighted by atomic mass is 10.2. The smallest absolute Gasteiger partial charge is 0.163 e. The van der Waals surface area contributed by atoms with Crippen LogP contribution in [0.3, 0.4) is 0 Å². The van der Waals surface area contributed by atoms with Crippen LogP contribution in [0.1, 0.15) is 5.56 Å². The zero-order chi connectivity index (χ0) is 13.9. The maximum atomic E-state index is 13.1. The molecule has 1 aliphatic rings. The van der Waals surface area contributed by atoms with Crippen LogP contribution in [0.25, 0.3) is 0 Å². The monoisotopic (exact) mass is 277 g/mol. The van der Waals surface area contributed by atoms with Crippen LogP contribution < -0.4 is 14.8 Å². The van der Waals surface area contributed by atoms with Gasteiger partial charge in [0, 0.05) is 24.4 Å². The molecule has 3 rings (SSSR count). The molecule has 20 heavy (non-hydrogen) atoms. The molecule has 0 atom stereocenters. The molecule has 2 aromatic rings. The summed E-state index contributed by atoms with van der Waals surface area (Å²) in [7, 11) is 0. The van der Waals surface area contributed by atoms with Crippen LogP contribution in [0.2, 0.25) is 0 Å². The van der Waals surface area contributed by atoms with Gasteiger partial charge in [0.05, 0.1) is 0 Å². The summed E-state index contributed by atoms with van der Waals surface area (Å²) in [6, 6.07) is 8.91. The van der Waals surface area contributed by atoms with Crippen LogP contribution in [0.5, 0.6) is 11.5 Å². The molecule has 3 nitrogen and oxygen atoms in total. The lowest BCUT2D eigenvalue weighted by Gasteiger charge is -2.19. The van der Waals surface area contributed by atoms with Gasteiger partial charge >= 0.3 is 0 Å². The Morgan fingerprint density at radius 1 is 0.900 bits per heavy atom. The highest BCUT2D eigenvalue weighted by Crippen LogP contribution is 2.32. The maximum absolute atomic E-state index is 13.1. The fourth-order valence-corrected chi connectivity index (χ4v) is 2.07. The minimum Gasteiger partial charge on any atom is -0.486 e. The van der Waals surface area contributed by atoms with Gasteiger partial charge in [-0.2, -0.15) is 0 Å². The van der Waals surface area contributed by atoms with Crippen molar-refractivity contribution in [3.8, 4) is 11.5 Å². The van der Waals surface area contributed by atoms with E-state index in [2.05, 4.69) is 5.32 Å². The van der Waals surface area contributed by atoms with Gasteiger partial charge in [0.2, 0.25) is 0 Å². The Labute approximate surface area is 115 Å². The van der Waals surface area contributed by atoms with Crippen LogP contribution in [-0.4, -0.2) is 13.2 Å². The molecule has 2 aromatic carbocycles. The maximum Gasteiger partial charge on any atom is 0.163 e. The number of halogens is 2. The number of nitrogens with one attached hydrogen (secondary N) is 1. The summed E-state index contributed by atoms with van der Waals surface area (Å²) in [4.78, 5) is 0. The van der Waals surface area contributed by atoms with Crippen molar-refractivity contribution in [2.24, 2.45) is 0 Å². The quantitative estimate of drug-likeness (QED) is 0.933. The fourth-order valence-electron chi connectivity index (χ4n) is 2.07. The number of hydrogen-bond donors (Lipinski definition) is 1. The number of hydrogen-bond acceptors (Lipinski definition) is 3. The first-order valence-corrected chi connectivity index (χ1v) is 6.29. The van der Waals surface area contributed by atoms with Crippen molar-refractivity contribution in [3.05, 3.63) is 53.6 Å². The van der Waals surface area contributed by atoms with E-state index in [1.54, 1.807) is 0 Å². The highest BCUT2D eigenvalue weighted by atomic mass is 19.1. The van der Waals surface area contributed by atoms with Gasteiger partial charge in [-0.1, -0.05) is 0 Å². The van der Waals surface area contributed by atoms with E-state index in [0.717, 1.165) is 11.8 Å². The van der Waals surface area contributed by atoms with Crippen LogP contribution in [0.4, 0.5) is 14.5 Å². The first-order chi connectivity index (χ1) is 9.70. The Kier molecular flexibility index (Phi) is 3.41. The van der Waals surface area contributed by atoms with Crippen molar-refractivity contribution in [1.82, 2.24) is 0 Å². The average Bonchev–Trinajstić information content (AvgIpc) is 2.44. The SMILES string of the molecule is Fc1cc(F)cc(CNc2ccc3c(c2)OCCO3)c1. The fraction of sp³-hybridized carbons (Fsp3) is 0.200. The minimum atomic E-state index is -0.580. The summed E-state index contributed by atoms with van der Waals surface area (Å²) < 4.78 is 37.0. The van der Waals surface area contributed by atoms with Gasteiger partial charge in [-0.3, -0.25) is 0 Å². The third kappa shape index (κ3) is 2.82. The van der Waals surface area contributed by atoms with Gasteiger partial charge in [0.25, 0.3) is 0 Å². The third-order valence-corrected chi connectivity index (χ3v) is 2.96. The highest BCUT2D eigenvalue weighted by Gasteiger charge is 2.11. The molecule has 1 aliphatic heterocycles. The molecule has 0 saturated carbocycles. The predicted molar refractivity (Wildman–Crippen MR) is 71.1 cm³/mol. The van der Waals surface area contributed by atoms with Gasteiger partial charge in [-0.05, 0) is 29.8 Å². The molecule has 5 heteroatoms. The summed E-state index contributed by atoms with van der Waals surface area (Å²) in [6.07, 6.45) is 0. The Balaban J connectivity index is 1.71. The summed E-state index contributed by atoms with van der Waals surface area (Å²) >= 11 is 0. The van der Waals surface area contributed by atoms with Crippen LogP contribution in [0.15, 0.2) is 36.4 Å². The van der Waals surface area contributed by atoms with Crippen molar-refractivity contribution in [3.63, 3.8) is 0 Å². The van der Waals surface area contributed by atoms with Crippen LogP contribution >= 0.6 is 0 Å². The Bertz CT molecular complexity index is 611. The molecule has 104 valence electrons. The molecule has 0 unspecified atom stereocenters. The highest BCUT2D eigenvalue weighted by molar-refractivity contribution is 5.55. The zero-order valence-electron chi connectivity index (χ0n) is 10.7. The second-order valence-corrected chi connectivity index (χ2v) is 4.49. The number of benzene rings is 2. The number of anilines is 1. The second-order valence-electron chi connectivity index (χ2n) is 4.49. The molecule has 0 bridgehead atoms. The third-order valence-electron chi connectivity index (χ3n) is 2.96. The second kappa shape index (κ2) is 5.36. The molecular formula is C15H13F2NO2. The van der Waals surface area contributed by atoms with Crippen LogP contribution in [0, 0.1) is 11.6 Å². The number of rotatable bonds is 3. The molecule has 0 radical (unpaired) electrons. The Hall–Kier alpha value is -2.30. The van der Waals surface area contributed by atoms with E-state index in [1.807, 2.05) is 18.2 Å². The summed E-state index contributed by atoms with van der Waals surface area (Å²) in [5.41, 5.74) is 1.34. The molecule has 1 heterocycles. The Morgan fingerprint density at radius 2 is 1.60 bits per heavy atom. The van der Waals surface area contributed by atoms with Gasteiger partial charge in [-0.25, -0.2) is 8.78 Å². The minimum absolute atomic E-state index is 0.328. The van der Waals surface area contributed by atoms with Gasteiger partial charge < -0.3 is 14.8 Å². The van der Waals surface area contributed by atoms with Crippen molar-refractivity contribution < 1.29 is 18.3 Å². The normalized spacial score (nSPS) is 13.1. The van der Waals surface area contributed by atoms with Crippen molar-refractivity contribution in [2.75, 3.05) is 18.5 Å². The molecule has 0 aliphatic carbocycles. The van der Waals surface area contributed by atoms with Crippen molar-refractivity contribution >= 4 is 5.69 Å². The van der Waals surface area contributed by atoms with Crippen molar-refractivity contribution in [2.45, 2.75) is 6.54 Å². The first-order valence-electron chi connectivity index (χ1n) is 6.29.